The van der Waals surface area contributed by atoms with Crippen molar-refractivity contribution in [3.05, 3.63) is 94.8 Å². The van der Waals surface area contributed by atoms with Gasteiger partial charge in [0.1, 0.15) is 5.82 Å². The molecule has 1 aliphatic carbocycles. The molecule has 0 spiro atoms. The van der Waals surface area contributed by atoms with E-state index in [-0.39, 0.29) is 5.56 Å². The first kappa shape index (κ1) is 13.1. The van der Waals surface area contributed by atoms with Crippen molar-refractivity contribution in [2.75, 3.05) is 0 Å². The van der Waals surface area contributed by atoms with Gasteiger partial charge in [-0.05, 0) is 28.3 Å². The second-order valence-corrected chi connectivity index (χ2v) is 5.29. The lowest BCUT2D eigenvalue weighted by atomic mass is 9.88. The molecule has 0 unspecified atom stereocenters. The number of hydrogen-bond acceptors (Lipinski definition) is 0. The molecule has 0 aliphatic heterocycles. The molecule has 22 heavy (non-hydrogen) atoms. The second kappa shape index (κ2) is 4.73. The lowest BCUT2D eigenvalue weighted by molar-refractivity contribution is 0.476. The van der Waals surface area contributed by atoms with Crippen LogP contribution in [0.3, 0.4) is 0 Å². The van der Waals surface area contributed by atoms with Crippen molar-refractivity contribution in [3.8, 4) is 11.1 Å². The number of hydrogen-bond donors (Lipinski definition) is 0. The van der Waals surface area contributed by atoms with Gasteiger partial charge < -0.3 is 0 Å². The smallest absolute Gasteiger partial charge is 0.167 e. The quantitative estimate of drug-likeness (QED) is 0.430. The van der Waals surface area contributed by atoms with Crippen LogP contribution < -0.4 is 0 Å². The Hall–Kier alpha value is -2.55. The standard InChI is InChI=1S/C19H10F3/c20-15-9-10-16(21)19(22)18(15)17-13-7-3-1-5-11(13)12-6-2-4-8-14(12)17/h1-9,17H. The Kier molecular flexibility index (Phi) is 2.83. The molecule has 1 radical (unpaired) electrons. The largest absolute Gasteiger partial charge is 0.207 e. The molecule has 0 amide bonds. The van der Waals surface area contributed by atoms with Gasteiger partial charge in [0.05, 0.1) is 0 Å². The fourth-order valence-electron chi connectivity index (χ4n) is 3.22. The van der Waals surface area contributed by atoms with Crippen molar-refractivity contribution in [1.29, 1.82) is 0 Å². The minimum Gasteiger partial charge on any atom is -0.207 e. The molecule has 3 aromatic rings. The van der Waals surface area contributed by atoms with Crippen LogP contribution >= 0.6 is 0 Å². The molecule has 0 aromatic heterocycles. The van der Waals surface area contributed by atoms with Gasteiger partial charge in [-0.15, -0.1) is 0 Å². The maximum absolute atomic E-state index is 14.3. The van der Waals surface area contributed by atoms with Crippen molar-refractivity contribution in [1.82, 2.24) is 0 Å². The van der Waals surface area contributed by atoms with Crippen molar-refractivity contribution in [2.45, 2.75) is 5.92 Å². The zero-order valence-electron chi connectivity index (χ0n) is 11.4. The van der Waals surface area contributed by atoms with Crippen LogP contribution in [-0.2, 0) is 0 Å². The summed E-state index contributed by atoms with van der Waals surface area (Å²) in [6.45, 7) is 0. The van der Waals surface area contributed by atoms with E-state index in [4.69, 9.17) is 0 Å². The van der Waals surface area contributed by atoms with Gasteiger partial charge in [0.2, 0.25) is 0 Å². The summed E-state index contributed by atoms with van der Waals surface area (Å²) in [5, 5.41) is 0. The first-order valence-corrected chi connectivity index (χ1v) is 6.92. The molecule has 0 nitrogen and oxygen atoms in total. The van der Waals surface area contributed by atoms with Crippen LogP contribution in [0.1, 0.15) is 22.6 Å². The third-order valence-electron chi connectivity index (χ3n) is 4.13. The minimum atomic E-state index is -1.17. The molecule has 1 aliphatic rings. The summed E-state index contributed by atoms with van der Waals surface area (Å²) in [5.41, 5.74) is 3.16. The number of benzene rings is 3. The Balaban J connectivity index is 2.07. The molecule has 4 rings (SSSR count). The molecule has 0 saturated carbocycles. The van der Waals surface area contributed by atoms with E-state index in [1.165, 1.54) is 0 Å². The Labute approximate surface area is 125 Å². The first-order valence-electron chi connectivity index (χ1n) is 6.92. The average molecular weight is 295 g/mol. The van der Waals surface area contributed by atoms with Crippen LogP contribution in [0.25, 0.3) is 11.1 Å². The Morgan fingerprint density at radius 1 is 0.773 bits per heavy atom. The zero-order chi connectivity index (χ0) is 15.3. The maximum atomic E-state index is 14.3. The topological polar surface area (TPSA) is 0 Å². The Morgan fingerprint density at radius 3 is 1.91 bits per heavy atom. The second-order valence-electron chi connectivity index (χ2n) is 5.29. The van der Waals surface area contributed by atoms with Crippen molar-refractivity contribution in [2.24, 2.45) is 0 Å². The third kappa shape index (κ3) is 1.72. The van der Waals surface area contributed by atoms with Gasteiger partial charge in [0, 0.05) is 17.5 Å². The molecular formula is C19H10F3. The van der Waals surface area contributed by atoms with Gasteiger partial charge in [-0.2, -0.15) is 0 Å². The zero-order valence-corrected chi connectivity index (χ0v) is 11.4. The maximum Gasteiger partial charge on any atom is 0.167 e. The predicted molar refractivity (Wildman–Crippen MR) is 78.0 cm³/mol. The van der Waals surface area contributed by atoms with E-state index in [0.29, 0.717) is 0 Å². The monoisotopic (exact) mass is 295 g/mol. The molecule has 0 atom stereocenters. The van der Waals surface area contributed by atoms with E-state index < -0.39 is 23.4 Å². The van der Waals surface area contributed by atoms with Crippen molar-refractivity contribution in [3.63, 3.8) is 0 Å². The lowest BCUT2D eigenvalue weighted by Crippen LogP contribution is -2.07. The van der Waals surface area contributed by atoms with Crippen LogP contribution in [0.15, 0.2) is 54.6 Å². The van der Waals surface area contributed by atoms with Crippen LogP contribution in [0.5, 0.6) is 0 Å². The summed E-state index contributed by atoms with van der Waals surface area (Å²) in [6, 6.07) is 17.7. The van der Waals surface area contributed by atoms with Crippen molar-refractivity contribution < 1.29 is 13.2 Å². The molecule has 3 aromatic carbocycles. The van der Waals surface area contributed by atoms with Gasteiger partial charge in [-0.25, -0.2) is 13.2 Å². The molecular weight excluding hydrogens is 285 g/mol. The molecule has 0 heterocycles. The van der Waals surface area contributed by atoms with Crippen LogP contribution in [-0.4, -0.2) is 0 Å². The Morgan fingerprint density at radius 2 is 1.32 bits per heavy atom. The summed E-state index contributed by atoms with van der Waals surface area (Å²) in [4.78, 5) is 0. The average Bonchev–Trinajstić information content (AvgIpc) is 2.87. The normalized spacial score (nSPS) is 13.0. The molecule has 0 saturated heterocycles. The molecule has 107 valence electrons. The molecule has 0 bridgehead atoms. The fourth-order valence-corrected chi connectivity index (χ4v) is 3.22. The van der Waals surface area contributed by atoms with E-state index in [0.717, 1.165) is 28.3 Å². The van der Waals surface area contributed by atoms with E-state index in [1.54, 1.807) is 0 Å². The van der Waals surface area contributed by atoms with E-state index >= 15 is 0 Å². The summed E-state index contributed by atoms with van der Waals surface area (Å²) in [6.07, 6.45) is 0. The highest BCUT2D eigenvalue weighted by atomic mass is 19.2. The van der Waals surface area contributed by atoms with Crippen LogP contribution in [0.4, 0.5) is 13.2 Å². The third-order valence-corrected chi connectivity index (χ3v) is 4.13. The van der Waals surface area contributed by atoms with Gasteiger partial charge in [0.15, 0.2) is 11.6 Å². The molecule has 0 fully saturated rings. The van der Waals surface area contributed by atoms with Crippen LogP contribution in [0.2, 0.25) is 0 Å². The summed E-state index contributed by atoms with van der Waals surface area (Å²) in [5.74, 6) is -3.75. The van der Waals surface area contributed by atoms with Gasteiger partial charge in [-0.3, -0.25) is 0 Å². The van der Waals surface area contributed by atoms with Gasteiger partial charge in [-0.1, -0.05) is 48.5 Å². The highest BCUT2D eigenvalue weighted by molar-refractivity contribution is 5.80. The first-order chi connectivity index (χ1) is 10.7. The molecule has 0 N–H and O–H groups in total. The summed E-state index contributed by atoms with van der Waals surface area (Å²) in [7, 11) is 0. The lowest BCUT2D eigenvalue weighted by Gasteiger charge is -2.16. The summed E-state index contributed by atoms with van der Waals surface area (Å²) < 4.78 is 42.1. The number of rotatable bonds is 1. The number of fused-ring (bicyclic) bond motifs is 3. The predicted octanol–water partition coefficient (Wildman–Crippen LogP) is 5.06. The Bertz CT molecular complexity index is 838. The minimum absolute atomic E-state index is 0.256. The highest BCUT2D eigenvalue weighted by Gasteiger charge is 2.34. The SMILES string of the molecule is Fc1[c]cc(F)c(C2c3ccccc3-c3ccccc32)c1F. The summed E-state index contributed by atoms with van der Waals surface area (Å²) >= 11 is 0. The van der Waals surface area contributed by atoms with Crippen molar-refractivity contribution >= 4 is 0 Å². The van der Waals surface area contributed by atoms with Gasteiger partial charge >= 0.3 is 0 Å². The molecule has 3 heteroatoms. The van der Waals surface area contributed by atoms with Gasteiger partial charge in [0.25, 0.3) is 0 Å². The van der Waals surface area contributed by atoms with E-state index in [9.17, 15) is 13.2 Å². The number of halogens is 3. The highest BCUT2D eigenvalue weighted by Crippen LogP contribution is 2.48. The fraction of sp³-hybridized carbons (Fsp3) is 0.0526. The van der Waals surface area contributed by atoms with E-state index in [2.05, 4.69) is 0 Å². The van der Waals surface area contributed by atoms with E-state index in [1.807, 2.05) is 54.6 Å². The van der Waals surface area contributed by atoms with Crippen LogP contribution in [0, 0.1) is 23.5 Å².